The summed E-state index contributed by atoms with van der Waals surface area (Å²) in [5.41, 5.74) is 8.57. The van der Waals surface area contributed by atoms with E-state index in [1.54, 1.807) is 11.3 Å². The van der Waals surface area contributed by atoms with Crippen molar-refractivity contribution in [3.8, 4) is 0 Å². The Morgan fingerprint density at radius 3 is 2.88 bits per heavy atom. The zero-order valence-electron chi connectivity index (χ0n) is 13.4. The van der Waals surface area contributed by atoms with E-state index in [2.05, 4.69) is 27.6 Å². The van der Waals surface area contributed by atoms with Gasteiger partial charge in [-0.1, -0.05) is 30.3 Å². The molecule has 1 aliphatic rings. The Bertz CT molecular complexity index is 633. The Morgan fingerprint density at radius 2 is 2.17 bits per heavy atom. The lowest BCUT2D eigenvalue weighted by Crippen LogP contribution is -2.38. The number of nitrogens with one attached hydrogen (secondary N) is 3. The molecule has 1 amide bonds. The highest BCUT2D eigenvalue weighted by molar-refractivity contribution is 7.07. The number of aliphatic hydroxyl groups is 1. The van der Waals surface area contributed by atoms with Gasteiger partial charge in [-0.25, -0.2) is 5.43 Å². The first kappa shape index (κ1) is 17.1. The highest BCUT2D eigenvalue weighted by atomic mass is 32.1. The summed E-state index contributed by atoms with van der Waals surface area (Å²) in [7, 11) is 0. The second-order valence-corrected chi connectivity index (χ2v) is 6.93. The van der Waals surface area contributed by atoms with Gasteiger partial charge in [-0.2, -0.15) is 11.3 Å². The topological polar surface area (TPSA) is 73.4 Å². The smallest absolute Gasteiger partial charge is 0.226 e. The summed E-state index contributed by atoms with van der Waals surface area (Å²) < 4.78 is 0. The Kier molecular flexibility index (Phi) is 5.98. The first-order valence-electron chi connectivity index (χ1n) is 8.21. The molecule has 0 spiro atoms. The fourth-order valence-corrected chi connectivity index (χ4v) is 3.72. The molecule has 1 aromatic carbocycles. The number of rotatable bonds is 7. The van der Waals surface area contributed by atoms with Crippen molar-refractivity contribution in [2.24, 2.45) is 11.8 Å². The molecule has 3 atom stereocenters. The number of thiophene rings is 1. The first-order valence-corrected chi connectivity index (χ1v) is 9.15. The molecule has 4 N–H and O–H groups in total. The van der Waals surface area contributed by atoms with E-state index < -0.39 is 0 Å². The van der Waals surface area contributed by atoms with Gasteiger partial charge in [-0.15, -0.1) is 0 Å². The molecule has 6 heteroatoms. The van der Waals surface area contributed by atoms with Crippen LogP contribution in [0.25, 0.3) is 0 Å². The van der Waals surface area contributed by atoms with E-state index in [9.17, 15) is 9.90 Å². The van der Waals surface area contributed by atoms with Crippen LogP contribution in [0.2, 0.25) is 0 Å². The molecule has 0 saturated carbocycles. The summed E-state index contributed by atoms with van der Waals surface area (Å²) in [5.74, 6) is -0.0981. The van der Waals surface area contributed by atoms with Crippen molar-refractivity contribution in [2.75, 3.05) is 19.7 Å². The number of hydrazine groups is 1. The molecular formula is C18H23N3O2S. The molecule has 0 bridgehead atoms. The number of hydrogen-bond acceptors (Lipinski definition) is 5. The van der Waals surface area contributed by atoms with Crippen molar-refractivity contribution in [1.29, 1.82) is 0 Å². The number of carbonyl (C=O) groups excluding carboxylic acids is 1. The van der Waals surface area contributed by atoms with Gasteiger partial charge in [0.05, 0.1) is 12.0 Å². The second-order valence-electron chi connectivity index (χ2n) is 6.15. The van der Waals surface area contributed by atoms with Crippen LogP contribution in [-0.2, 0) is 11.2 Å². The third-order valence-electron chi connectivity index (χ3n) is 4.41. The van der Waals surface area contributed by atoms with Crippen molar-refractivity contribution >= 4 is 17.2 Å². The van der Waals surface area contributed by atoms with E-state index in [1.165, 1.54) is 5.56 Å². The Balaban J connectivity index is 1.55. The van der Waals surface area contributed by atoms with Gasteiger partial charge in [-0.05, 0) is 34.4 Å². The van der Waals surface area contributed by atoms with Crippen LogP contribution in [0.4, 0.5) is 0 Å². The van der Waals surface area contributed by atoms with Crippen LogP contribution in [-0.4, -0.2) is 30.7 Å². The van der Waals surface area contributed by atoms with E-state index in [1.807, 2.05) is 35.7 Å². The normalized spacial score (nSPS) is 21.5. The number of benzene rings is 1. The number of hydrogen-bond donors (Lipinski definition) is 4. The van der Waals surface area contributed by atoms with Gasteiger partial charge < -0.3 is 10.4 Å². The Hall–Kier alpha value is -1.73. The standard InChI is InChI=1S/C18H23N3O2S/c22-11-14(8-13-6-7-24-12-13)9-19-18(23)16-10-20-21-17(16)15-4-2-1-3-5-15/h1-7,12,14,16-17,20-22H,8-11H2,(H,19,23). The van der Waals surface area contributed by atoms with Crippen molar-refractivity contribution in [3.63, 3.8) is 0 Å². The molecule has 3 unspecified atom stereocenters. The van der Waals surface area contributed by atoms with E-state index in [-0.39, 0.29) is 30.4 Å². The summed E-state index contributed by atoms with van der Waals surface area (Å²) in [6, 6.07) is 12.0. The zero-order chi connectivity index (χ0) is 16.8. The van der Waals surface area contributed by atoms with Crippen LogP contribution in [0.5, 0.6) is 0 Å². The quantitative estimate of drug-likeness (QED) is 0.613. The minimum atomic E-state index is -0.159. The highest BCUT2D eigenvalue weighted by Gasteiger charge is 2.33. The molecule has 5 nitrogen and oxygen atoms in total. The van der Waals surface area contributed by atoms with Gasteiger partial charge in [0.15, 0.2) is 0 Å². The monoisotopic (exact) mass is 345 g/mol. The van der Waals surface area contributed by atoms with Gasteiger partial charge in [0.1, 0.15) is 0 Å². The van der Waals surface area contributed by atoms with Gasteiger partial charge >= 0.3 is 0 Å². The lowest BCUT2D eigenvalue weighted by atomic mass is 9.94. The summed E-state index contributed by atoms with van der Waals surface area (Å²) >= 11 is 1.65. The maximum absolute atomic E-state index is 12.6. The molecule has 1 fully saturated rings. The number of carbonyl (C=O) groups is 1. The zero-order valence-corrected chi connectivity index (χ0v) is 14.3. The first-order chi connectivity index (χ1) is 11.8. The predicted octanol–water partition coefficient (Wildman–Crippen LogP) is 1.48. The molecule has 2 aromatic rings. The van der Waals surface area contributed by atoms with Gasteiger partial charge in [0, 0.05) is 25.6 Å². The molecule has 1 saturated heterocycles. The molecule has 1 aliphatic heterocycles. The van der Waals surface area contributed by atoms with Gasteiger partial charge in [-0.3, -0.25) is 10.2 Å². The van der Waals surface area contributed by atoms with Crippen LogP contribution in [0, 0.1) is 11.8 Å². The number of aliphatic hydroxyl groups excluding tert-OH is 1. The van der Waals surface area contributed by atoms with E-state index >= 15 is 0 Å². The van der Waals surface area contributed by atoms with Crippen molar-refractivity contribution in [2.45, 2.75) is 12.5 Å². The fourth-order valence-electron chi connectivity index (χ4n) is 3.04. The van der Waals surface area contributed by atoms with Crippen molar-refractivity contribution in [3.05, 3.63) is 58.3 Å². The van der Waals surface area contributed by atoms with Crippen LogP contribution in [0.15, 0.2) is 47.2 Å². The lowest BCUT2D eigenvalue weighted by molar-refractivity contribution is -0.125. The molecule has 0 aliphatic carbocycles. The lowest BCUT2D eigenvalue weighted by Gasteiger charge is -2.20. The third-order valence-corrected chi connectivity index (χ3v) is 5.14. The van der Waals surface area contributed by atoms with E-state index in [0.29, 0.717) is 13.1 Å². The SMILES string of the molecule is O=C(NCC(CO)Cc1ccsc1)C1CNNC1c1ccccc1. The van der Waals surface area contributed by atoms with Crippen LogP contribution in [0.1, 0.15) is 17.2 Å². The van der Waals surface area contributed by atoms with Crippen LogP contribution >= 0.6 is 11.3 Å². The number of amides is 1. The largest absolute Gasteiger partial charge is 0.396 e. The van der Waals surface area contributed by atoms with Gasteiger partial charge in [0.25, 0.3) is 0 Å². The summed E-state index contributed by atoms with van der Waals surface area (Å²) in [5, 5.41) is 16.7. The molecule has 3 rings (SSSR count). The second kappa shape index (κ2) is 8.39. The molecule has 128 valence electrons. The fraction of sp³-hybridized carbons (Fsp3) is 0.389. The molecular weight excluding hydrogens is 322 g/mol. The minimum absolute atomic E-state index is 0.0186. The average Bonchev–Trinajstić information content (AvgIpc) is 3.30. The minimum Gasteiger partial charge on any atom is -0.396 e. The van der Waals surface area contributed by atoms with Crippen molar-refractivity contribution in [1.82, 2.24) is 16.2 Å². The van der Waals surface area contributed by atoms with Crippen LogP contribution < -0.4 is 16.2 Å². The molecule has 2 heterocycles. The highest BCUT2D eigenvalue weighted by Crippen LogP contribution is 2.24. The van der Waals surface area contributed by atoms with Crippen molar-refractivity contribution < 1.29 is 9.90 Å². The summed E-state index contributed by atoms with van der Waals surface area (Å²) in [6.45, 7) is 1.16. The van der Waals surface area contributed by atoms with Gasteiger partial charge in [0.2, 0.25) is 5.91 Å². The molecule has 1 aromatic heterocycles. The van der Waals surface area contributed by atoms with E-state index in [0.717, 1.165) is 12.0 Å². The predicted molar refractivity (Wildman–Crippen MR) is 95.4 cm³/mol. The summed E-state index contributed by atoms with van der Waals surface area (Å²) in [6.07, 6.45) is 0.781. The molecule has 24 heavy (non-hydrogen) atoms. The Labute approximate surface area is 146 Å². The maximum atomic E-state index is 12.6. The Morgan fingerprint density at radius 1 is 1.33 bits per heavy atom. The summed E-state index contributed by atoms with van der Waals surface area (Å²) in [4.78, 5) is 12.6. The van der Waals surface area contributed by atoms with E-state index in [4.69, 9.17) is 0 Å². The molecule has 0 radical (unpaired) electrons. The van der Waals surface area contributed by atoms with Crippen LogP contribution in [0.3, 0.4) is 0 Å². The maximum Gasteiger partial charge on any atom is 0.226 e. The average molecular weight is 345 g/mol. The third kappa shape index (κ3) is 4.21.